The van der Waals surface area contributed by atoms with E-state index < -0.39 is 0 Å². The van der Waals surface area contributed by atoms with E-state index in [0.29, 0.717) is 33.2 Å². The van der Waals surface area contributed by atoms with Crippen molar-refractivity contribution in [3.05, 3.63) is 26.7 Å². The summed E-state index contributed by atoms with van der Waals surface area (Å²) in [6.07, 6.45) is 0.700. The maximum Gasteiger partial charge on any atom is 0.154 e. The van der Waals surface area contributed by atoms with Gasteiger partial charge < -0.3 is 4.74 Å². The molecule has 0 N–H and O–H groups in total. The van der Waals surface area contributed by atoms with E-state index >= 15 is 0 Å². The van der Waals surface area contributed by atoms with E-state index in [1.54, 1.807) is 13.8 Å². The smallest absolute Gasteiger partial charge is 0.154 e. The first-order valence-corrected chi connectivity index (χ1v) is 4.77. The lowest BCUT2D eigenvalue weighted by atomic mass is 10.0. The van der Waals surface area contributed by atoms with Crippen molar-refractivity contribution < 1.29 is 9.53 Å². The molecule has 0 aliphatic carbocycles. The summed E-state index contributed by atoms with van der Waals surface area (Å²) in [5.74, 6) is 0.390. The second kappa shape index (κ2) is 4.20. The molecule has 0 saturated heterocycles. The van der Waals surface area contributed by atoms with Crippen LogP contribution >= 0.6 is 23.2 Å². The second-order valence-corrected chi connectivity index (χ2v) is 3.70. The van der Waals surface area contributed by atoms with Crippen LogP contribution in [0, 0.1) is 13.8 Å². The zero-order valence-electron chi connectivity index (χ0n) is 8.15. The molecule has 0 aliphatic rings. The van der Waals surface area contributed by atoms with Gasteiger partial charge in [-0.1, -0.05) is 23.2 Å². The molecule has 0 saturated carbocycles. The Hall–Kier alpha value is -0.730. The number of hydrogen-bond acceptors (Lipinski definition) is 2. The molecule has 0 spiro atoms. The Labute approximate surface area is 92.8 Å². The van der Waals surface area contributed by atoms with Gasteiger partial charge in [-0.3, -0.25) is 4.79 Å². The van der Waals surface area contributed by atoms with Crippen LogP contribution in [0.5, 0.6) is 5.75 Å². The van der Waals surface area contributed by atoms with E-state index in [-0.39, 0.29) is 0 Å². The average molecular weight is 233 g/mol. The molecule has 0 radical (unpaired) electrons. The zero-order chi connectivity index (χ0) is 10.9. The Kier molecular flexibility index (Phi) is 3.40. The van der Waals surface area contributed by atoms with Crippen molar-refractivity contribution >= 4 is 29.5 Å². The Balaban J connectivity index is 3.65. The molecular weight excluding hydrogens is 223 g/mol. The molecule has 2 nitrogen and oxygen atoms in total. The van der Waals surface area contributed by atoms with Crippen molar-refractivity contribution in [1.82, 2.24) is 0 Å². The van der Waals surface area contributed by atoms with Crippen LogP contribution in [0.4, 0.5) is 0 Å². The Bertz CT molecular complexity index is 386. The van der Waals surface area contributed by atoms with Crippen molar-refractivity contribution in [3.63, 3.8) is 0 Å². The highest BCUT2D eigenvalue weighted by atomic mass is 35.5. The van der Waals surface area contributed by atoms with Crippen LogP contribution < -0.4 is 4.74 Å². The Morgan fingerprint density at radius 1 is 1.14 bits per heavy atom. The highest BCUT2D eigenvalue weighted by Crippen LogP contribution is 2.38. The third kappa shape index (κ3) is 1.60. The van der Waals surface area contributed by atoms with Crippen molar-refractivity contribution in [2.45, 2.75) is 13.8 Å². The largest absolute Gasteiger partial charge is 0.494 e. The third-order valence-electron chi connectivity index (χ3n) is 2.16. The van der Waals surface area contributed by atoms with Crippen molar-refractivity contribution in [1.29, 1.82) is 0 Å². The maximum absolute atomic E-state index is 10.8. The number of halogens is 2. The Morgan fingerprint density at radius 3 is 2.14 bits per heavy atom. The molecule has 0 unspecified atom stereocenters. The minimum absolute atomic E-state index is 0.390. The van der Waals surface area contributed by atoms with Crippen molar-refractivity contribution in [2.24, 2.45) is 0 Å². The van der Waals surface area contributed by atoms with Gasteiger partial charge in [-0.05, 0) is 25.0 Å². The fourth-order valence-electron chi connectivity index (χ4n) is 1.30. The quantitative estimate of drug-likeness (QED) is 0.731. The first-order chi connectivity index (χ1) is 6.54. The van der Waals surface area contributed by atoms with E-state index in [9.17, 15) is 4.79 Å². The number of rotatable bonds is 2. The lowest BCUT2D eigenvalue weighted by Crippen LogP contribution is -1.98. The SMILES string of the molecule is COc1c(Cl)c(C)c(Cl)c(C)c1C=O. The summed E-state index contributed by atoms with van der Waals surface area (Å²) in [4.78, 5) is 10.8. The van der Waals surface area contributed by atoms with E-state index in [1.165, 1.54) is 7.11 Å². The van der Waals surface area contributed by atoms with Crippen LogP contribution in [-0.2, 0) is 0 Å². The van der Waals surface area contributed by atoms with Crippen LogP contribution in [-0.4, -0.2) is 13.4 Å². The normalized spacial score (nSPS) is 10.1. The molecule has 0 bridgehead atoms. The topological polar surface area (TPSA) is 26.3 Å². The summed E-state index contributed by atoms with van der Waals surface area (Å²) in [5, 5.41) is 0.906. The molecule has 0 aromatic heterocycles. The highest BCUT2D eigenvalue weighted by Gasteiger charge is 2.17. The minimum atomic E-state index is 0.390. The number of carbonyl (C=O) groups is 1. The summed E-state index contributed by atoms with van der Waals surface area (Å²) >= 11 is 12.0. The lowest BCUT2D eigenvalue weighted by molar-refractivity contribution is 0.112. The van der Waals surface area contributed by atoms with Crippen molar-refractivity contribution in [3.8, 4) is 5.75 Å². The molecule has 14 heavy (non-hydrogen) atoms. The second-order valence-electron chi connectivity index (χ2n) is 2.94. The van der Waals surface area contributed by atoms with Crippen LogP contribution in [0.1, 0.15) is 21.5 Å². The van der Waals surface area contributed by atoms with E-state index in [0.717, 1.165) is 5.56 Å². The summed E-state index contributed by atoms with van der Waals surface area (Å²) in [7, 11) is 1.47. The molecule has 0 aliphatic heterocycles. The number of aldehydes is 1. The first-order valence-electron chi connectivity index (χ1n) is 4.01. The van der Waals surface area contributed by atoms with Gasteiger partial charge in [0, 0.05) is 5.02 Å². The van der Waals surface area contributed by atoms with Gasteiger partial charge in [0.2, 0.25) is 0 Å². The van der Waals surface area contributed by atoms with E-state index in [4.69, 9.17) is 27.9 Å². The number of methoxy groups -OCH3 is 1. The fourth-order valence-corrected chi connectivity index (χ4v) is 1.81. The van der Waals surface area contributed by atoms with Gasteiger partial charge in [0.1, 0.15) is 5.75 Å². The molecule has 0 fully saturated rings. The molecular formula is C10H10Cl2O2. The predicted octanol–water partition coefficient (Wildman–Crippen LogP) is 3.43. The third-order valence-corrected chi connectivity index (χ3v) is 3.18. The molecule has 1 aromatic carbocycles. The van der Waals surface area contributed by atoms with Crippen LogP contribution in [0.25, 0.3) is 0 Å². The number of hydrogen-bond donors (Lipinski definition) is 0. The lowest BCUT2D eigenvalue weighted by Gasteiger charge is -2.13. The van der Waals surface area contributed by atoms with Gasteiger partial charge in [0.15, 0.2) is 6.29 Å². The van der Waals surface area contributed by atoms with Crippen LogP contribution in [0.3, 0.4) is 0 Å². The monoisotopic (exact) mass is 232 g/mol. The molecule has 0 heterocycles. The van der Waals surface area contributed by atoms with Crippen LogP contribution in [0.15, 0.2) is 0 Å². The summed E-state index contributed by atoms with van der Waals surface area (Å²) in [5.41, 5.74) is 1.84. The van der Waals surface area contributed by atoms with Gasteiger partial charge in [-0.15, -0.1) is 0 Å². The van der Waals surface area contributed by atoms with Gasteiger partial charge >= 0.3 is 0 Å². The van der Waals surface area contributed by atoms with Crippen molar-refractivity contribution in [2.75, 3.05) is 7.11 Å². The van der Waals surface area contributed by atoms with Gasteiger partial charge in [-0.2, -0.15) is 0 Å². The van der Waals surface area contributed by atoms with E-state index in [2.05, 4.69) is 0 Å². The van der Waals surface area contributed by atoms with E-state index in [1.807, 2.05) is 0 Å². The zero-order valence-corrected chi connectivity index (χ0v) is 9.66. The van der Waals surface area contributed by atoms with Gasteiger partial charge in [-0.25, -0.2) is 0 Å². The summed E-state index contributed by atoms with van der Waals surface area (Å²) in [6, 6.07) is 0. The Morgan fingerprint density at radius 2 is 1.71 bits per heavy atom. The van der Waals surface area contributed by atoms with Gasteiger partial charge in [0.05, 0.1) is 17.7 Å². The molecule has 0 atom stereocenters. The highest BCUT2D eigenvalue weighted by molar-refractivity contribution is 6.38. The number of carbonyl (C=O) groups excluding carboxylic acids is 1. The standard InChI is InChI=1S/C10H10Cl2O2/c1-5-7(4-13)10(14-3)9(12)6(2)8(5)11/h4H,1-3H3. The molecule has 1 rings (SSSR count). The molecule has 1 aromatic rings. The first kappa shape index (κ1) is 11.3. The molecule has 4 heteroatoms. The number of benzene rings is 1. The number of ether oxygens (including phenoxy) is 1. The maximum atomic E-state index is 10.8. The fraction of sp³-hybridized carbons (Fsp3) is 0.300. The summed E-state index contributed by atoms with van der Waals surface area (Å²) in [6.45, 7) is 3.55. The summed E-state index contributed by atoms with van der Waals surface area (Å²) < 4.78 is 5.06. The minimum Gasteiger partial charge on any atom is -0.494 e. The predicted molar refractivity (Wildman–Crippen MR) is 57.9 cm³/mol. The molecule has 0 amide bonds. The average Bonchev–Trinajstić information content (AvgIpc) is 2.20. The molecule has 76 valence electrons. The van der Waals surface area contributed by atoms with Gasteiger partial charge in [0.25, 0.3) is 0 Å². The van der Waals surface area contributed by atoms with Crippen LogP contribution in [0.2, 0.25) is 10.0 Å².